The summed E-state index contributed by atoms with van der Waals surface area (Å²) in [6.45, 7) is 0.231. The second kappa shape index (κ2) is 8.35. The number of nitrogens with one attached hydrogen (secondary N) is 1. The Morgan fingerprint density at radius 1 is 1.07 bits per heavy atom. The molecular weight excluding hydrogens is 391 g/mol. The molecule has 0 radical (unpaired) electrons. The van der Waals surface area contributed by atoms with Gasteiger partial charge in [-0.2, -0.15) is 13.2 Å². The van der Waals surface area contributed by atoms with E-state index in [-0.39, 0.29) is 12.3 Å². The molecule has 2 aromatic carbocycles. The van der Waals surface area contributed by atoms with Gasteiger partial charge in [0.1, 0.15) is 18.1 Å². The zero-order chi connectivity index (χ0) is 20.1. The maximum absolute atomic E-state index is 13.0. The molecule has 0 bridgehead atoms. The van der Waals surface area contributed by atoms with E-state index in [0.29, 0.717) is 16.4 Å². The Morgan fingerprint density at radius 3 is 2.43 bits per heavy atom. The lowest BCUT2D eigenvalue weighted by Crippen LogP contribution is -2.15. The van der Waals surface area contributed by atoms with Crippen molar-refractivity contribution < 1.29 is 27.4 Å². The number of carbonyl (C=O) groups excluding carboxylic acids is 1. The Hall–Kier alpha value is -3.00. The van der Waals surface area contributed by atoms with Gasteiger partial charge in [0, 0.05) is 5.56 Å². The molecule has 28 heavy (non-hydrogen) atoms. The number of hydrogen-bond acceptors (Lipinski definition) is 4. The summed E-state index contributed by atoms with van der Waals surface area (Å²) in [4.78, 5) is 12.6. The predicted octanol–water partition coefficient (Wildman–Crippen LogP) is 5.61. The maximum Gasteiger partial charge on any atom is 0.418 e. The van der Waals surface area contributed by atoms with Gasteiger partial charge in [0.2, 0.25) is 0 Å². The first-order chi connectivity index (χ1) is 13.4. The molecule has 3 rings (SSSR count). The maximum atomic E-state index is 13.0. The first kappa shape index (κ1) is 19.8. The van der Waals surface area contributed by atoms with Crippen LogP contribution >= 0.6 is 11.3 Å². The highest BCUT2D eigenvalue weighted by Crippen LogP contribution is 2.35. The highest BCUT2D eigenvalue weighted by Gasteiger charge is 2.33. The molecule has 3 aromatic rings. The lowest BCUT2D eigenvalue weighted by atomic mass is 10.1. The summed E-state index contributed by atoms with van der Waals surface area (Å²) < 4.78 is 49.8. The monoisotopic (exact) mass is 407 g/mol. The van der Waals surface area contributed by atoms with E-state index in [9.17, 15) is 18.0 Å². The van der Waals surface area contributed by atoms with Gasteiger partial charge in [0.15, 0.2) is 0 Å². The summed E-state index contributed by atoms with van der Waals surface area (Å²) in [5.74, 6) is 0.746. The number of para-hydroxylation sites is 1. The fraction of sp³-hybridized carbons (Fsp3) is 0.150. The van der Waals surface area contributed by atoms with Crippen LogP contribution in [0.2, 0.25) is 0 Å². The summed E-state index contributed by atoms with van der Waals surface area (Å²) in [6.07, 6.45) is -4.54. The van der Waals surface area contributed by atoms with Crippen LogP contribution in [-0.2, 0) is 12.8 Å². The minimum atomic E-state index is -4.54. The van der Waals surface area contributed by atoms with Gasteiger partial charge in [-0.1, -0.05) is 12.1 Å². The van der Waals surface area contributed by atoms with Crippen LogP contribution in [0.3, 0.4) is 0 Å². The van der Waals surface area contributed by atoms with Crippen molar-refractivity contribution in [3.8, 4) is 11.5 Å². The van der Waals surface area contributed by atoms with E-state index in [1.165, 1.54) is 18.2 Å². The van der Waals surface area contributed by atoms with Crippen molar-refractivity contribution in [2.24, 2.45) is 0 Å². The number of thiophene rings is 1. The normalized spacial score (nSPS) is 11.1. The van der Waals surface area contributed by atoms with E-state index in [1.807, 2.05) is 0 Å². The van der Waals surface area contributed by atoms with Gasteiger partial charge in [0.05, 0.1) is 23.2 Å². The Balaban J connectivity index is 1.64. The number of amides is 1. The Kier molecular flexibility index (Phi) is 5.89. The number of hydrogen-bond donors (Lipinski definition) is 1. The standard InChI is InChI=1S/C20H16F3NO3S/c1-26-14-6-8-15(9-7-14)27-11-13-10-18(28-12-13)19(25)24-17-5-3-2-4-16(17)20(21,22)23/h2-10,12H,11H2,1H3,(H,24,25). The van der Waals surface area contributed by atoms with Crippen LogP contribution in [0.15, 0.2) is 60.0 Å². The molecule has 0 aliphatic heterocycles. The van der Waals surface area contributed by atoms with E-state index < -0.39 is 17.6 Å². The molecule has 0 aliphatic rings. The highest BCUT2D eigenvalue weighted by molar-refractivity contribution is 7.12. The van der Waals surface area contributed by atoms with E-state index >= 15 is 0 Å². The average molecular weight is 407 g/mol. The van der Waals surface area contributed by atoms with Crippen LogP contribution < -0.4 is 14.8 Å². The van der Waals surface area contributed by atoms with Crippen LogP contribution in [0.4, 0.5) is 18.9 Å². The van der Waals surface area contributed by atoms with Gasteiger partial charge in [-0.05, 0) is 47.8 Å². The van der Waals surface area contributed by atoms with Gasteiger partial charge >= 0.3 is 6.18 Å². The van der Waals surface area contributed by atoms with E-state index in [4.69, 9.17) is 9.47 Å². The van der Waals surface area contributed by atoms with Crippen molar-refractivity contribution in [3.05, 3.63) is 76.0 Å². The Labute approximate surface area is 163 Å². The SMILES string of the molecule is COc1ccc(OCc2csc(C(=O)Nc3ccccc3C(F)(F)F)c2)cc1. The van der Waals surface area contributed by atoms with Crippen molar-refractivity contribution in [2.45, 2.75) is 12.8 Å². The van der Waals surface area contributed by atoms with Crippen LogP contribution in [0.25, 0.3) is 0 Å². The zero-order valence-corrected chi connectivity index (χ0v) is 15.6. The molecule has 0 atom stereocenters. The predicted molar refractivity (Wildman–Crippen MR) is 101 cm³/mol. The first-order valence-corrected chi connectivity index (χ1v) is 9.06. The molecule has 0 fully saturated rings. The van der Waals surface area contributed by atoms with Crippen LogP contribution in [0.1, 0.15) is 20.8 Å². The molecular formula is C20H16F3NO3S. The molecule has 146 valence electrons. The molecule has 4 nitrogen and oxygen atoms in total. The molecule has 1 aromatic heterocycles. The van der Waals surface area contributed by atoms with Gasteiger partial charge < -0.3 is 14.8 Å². The Morgan fingerprint density at radius 2 is 1.75 bits per heavy atom. The number of alkyl halides is 3. The van der Waals surface area contributed by atoms with Gasteiger partial charge in [-0.25, -0.2) is 0 Å². The van der Waals surface area contributed by atoms with Crippen LogP contribution in [-0.4, -0.2) is 13.0 Å². The van der Waals surface area contributed by atoms with E-state index in [0.717, 1.165) is 23.0 Å². The molecule has 1 N–H and O–H groups in total. The number of benzene rings is 2. The first-order valence-electron chi connectivity index (χ1n) is 8.18. The number of methoxy groups -OCH3 is 1. The zero-order valence-electron chi connectivity index (χ0n) is 14.7. The lowest BCUT2D eigenvalue weighted by Gasteiger charge is -2.12. The fourth-order valence-electron chi connectivity index (χ4n) is 2.43. The fourth-order valence-corrected chi connectivity index (χ4v) is 3.22. The third kappa shape index (κ3) is 4.83. The molecule has 0 spiro atoms. The molecule has 0 saturated carbocycles. The van der Waals surface area contributed by atoms with Gasteiger partial charge in [-0.3, -0.25) is 4.79 Å². The quantitative estimate of drug-likeness (QED) is 0.578. The summed E-state index contributed by atoms with van der Waals surface area (Å²) >= 11 is 1.14. The minimum absolute atomic E-state index is 0.231. The van der Waals surface area contributed by atoms with E-state index in [1.54, 1.807) is 42.8 Å². The second-order valence-corrected chi connectivity index (χ2v) is 6.69. The molecule has 0 aliphatic carbocycles. The van der Waals surface area contributed by atoms with Crippen molar-refractivity contribution in [1.82, 2.24) is 0 Å². The molecule has 1 amide bonds. The van der Waals surface area contributed by atoms with Gasteiger partial charge in [-0.15, -0.1) is 11.3 Å². The number of ether oxygens (including phenoxy) is 2. The summed E-state index contributed by atoms with van der Waals surface area (Å²) in [7, 11) is 1.57. The van der Waals surface area contributed by atoms with Crippen LogP contribution in [0, 0.1) is 0 Å². The van der Waals surface area contributed by atoms with Crippen molar-refractivity contribution in [2.75, 3.05) is 12.4 Å². The van der Waals surface area contributed by atoms with E-state index in [2.05, 4.69) is 5.32 Å². The number of carbonyl (C=O) groups is 1. The minimum Gasteiger partial charge on any atom is -0.497 e. The number of rotatable bonds is 6. The van der Waals surface area contributed by atoms with Crippen molar-refractivity contribution in [3.63, 3.8) is 0 Å². The summed E-state index contributed by atoms with van der Waals surface area (Å²) in [5.41, 5.74) is -0.414. The molecule has 8 heteroatoms. The van der Waals surface area contributed by atoms with Crippen molar-refractivity contribution in [1.29, 1.82) is 0 Å². The number of anilines is 1. The van der Waals surface area contributed by atoms with Crippen LogP contribution in [0.5, 0.6) is 11.5 Å². The average Bonchev–Trinajstić information content (AvgIpc) is 3.15. The largest absolute Gasteiger partial charge is 0.497 e. The molecule has 0 saturated heterocycles. The Bertz CT molecular complexity index is 952. The lowest BCUT2D eigenvalue weighted by molar-refractivity contribution is -0.136. The highest BCUT2D eigenvalue weighted by atomic mass is 32.1. The van der Waals surface area contributed by atoms with Gasteiger partial charge in [0.25, 0.3) is 5.91 Å². The summed E-state index contributed by atoms with van der Waals surface area (Å²) in [6, 6.07) is 13.5. The smallest absolute Gasteiger partial charge is 0.418 e. The molecule has 1 heterocycles. The topological polar surface area (TPSA) is 47.6 Å². The third-order valence-corrected chi connectivity index (χ3v) is 4.80. The third-order valence-electron chi connectivity index (χ3n) is 3.82. The molecule has 0 unspecified atom stereocenters. The number of halogens is 3. The second-order valence-electron chi connectivity index (χ2n) is 5.78. The summed E-state index contributed by atoms with van der Waals surface area (Å²) in [5, 5.41) is 4.06. The van der Waals surface area contributed by atoms with Crippen molar-refractivity contribution >= 4 is 22.9 Å².